The molecule has 0 unspecified atom stereocenters. The van der Waals surface area contributed by atoms with Gasteiger partial charge in [-0.15, -0.1) is 10.2 Å². The molecule has 1 heterocycles. The van der Waals surface area contributed by atoms with Gasteiger partial charge < -0.3 is 14.8 Å². The number of nitrogens with zero attached hydrogens (tertiary/aromatic N) is 4. The van der Waals surface area contributed by atoms with E-state index in [2.05, 4.69) is 45.3 Å². The summed E-state index contributed by atoms with van der Waals surface area (Å²) < 4.78 is 3.00. The second-order valence-electron chi connectivity index (χ2n) is 6.61. The Kier molecular flexibility index (Phi) is 5.91. The zero-order valence-electron chi connectivity index (χ0n) is 15.6. The minimum absolute atomic E-state index is 0.180. The standard InChI is InChI=1S/C20H22BrN5O/c1-14(2)26-13-22-24-19(26)17-6-4-5-7-18(17)23-20(27)25(3)12-15-8-10-16(21)11-9-15/h4-11,13-14H,12H2,1-3H3,(H,23,27). The van der Waals surface area contributed by atoms with Crippen molar-refractivity contribution in [2.24, 2.45) is 0 Å². The molecule has 0 atom stereocenters. The molecule has 6 nitrogen and oxygen atoms in total. The molecule has 3 rings (SSSR count). The normalized spacial score (nSPS) is 10.9. The monoisotopic (exact) mass is 427 g/mol. The van der Waals surface area contributed by atoms with E-state index >= 15 is 0 Å². The summed E-state index contributed by atoms with van der Waals surface area (Å²) in [4.78, 5) is 14.3. The summed E-state index contributed by atoms with van der Waals surface area (Å²) in [6.07, 6.45) is 1.71. The lowest BCUT2D eigenvalue weighted by atomic mass is 10.1. The average Bonchev–Trinajstić information content (AvgIpc) is 3.14. The highest BCUT2D eigenvalue weighted by molar-refractivity contribution is 9.10. The van der Waals surface area contributed by atoms with Crippen LogP contribution in [0.25, 0.3) is 11.4 Å². The quantitative estimate of drug-likeness (QED) is 0.625. The molecule has 0 bridgehead atoms. The maximum atomic E-state index is 12.7. The minimum Gasteiger partial charge on any atom is -0.323 e. The Morgan fingerprint density at radius 3 is 2.59 bits per heavy atom. The Balaban J connectivity index is 1.78. The Hall–Kier alpha value is -2.67. The molecule has 0 fully saturated rings. The van der Waals surface area contributed by atoms with Crippen molar-refractivity contribution in [3.8, 4) is 11.4 Å². The van der Waals surface area contributed by atoms with Gasteiger partial charge in [0.25, 0.3) is 0 Å². The van der Waals surface area contributed by atoms with Crippen LogP contribution in [-0.2, 0) is 6.54 Å². The lowest BCUT2D eigenvalue weighted by Gasteiger charge is -2.20. The van der Waals surface area contributed by atoms with Crippen LogP contribution in [0.4, 0.5) is 10.5 Å². The van der Waals surface area contributed by atoms with E-state index in [0.29, 0.717) is 12.2 Å². The summed E-state index contributed by atoms with van der Waals surface area (Å²) in [5.74, 6) is 0.733. The van der Waals surface area contributed by atoms with Gasteiger partial charge in [-0.2, -0.15) is 0 Å². The summed E-state index contributed by atoms with van der Waals surface area (Å²) in [5, 5.41) is 11.3. The van der Waals surface area contributed by atoms with Gasteiger partial charge in [-0.1, -0.05) is 40.2 Å². The highest BCUT2D eigenvalue weighted by Gasteiger charge is 2.16. The maximum absolute atomic E-state index is 12.7. The number of anilines is 1. The molecule has 0 aliphatic heterocycles. The molecule has 0 aliphatic carbocycles. The summed E-state index contributed by atoms with van der Waals surface area (Å²) in [6, 6.07) is 15.6. The van der Waals surface area contributed by atoms with Crippen LogP contribution in [0.15, 0.2) is 59.3 Å². The molecule has 1 N–H and O–H groups in total. The zero-order valence-corrected chi connectivity index (χ0v) is 17.1. The van der Waals surface area contributed by atoms with Crippen LogP contribution in [0.3, 0.4) is 0 Å². The fourth-order valence-corrected chi connectivity index (χ4v) is 3.01. The van der Waals surface area contributed by atoms with Crippen LogP contribution in [0.2, 0.25) is 0 Å². The second kappa shape index (κ2) is 8.35. The first-order valence-corrected chi connectivity index (χ1v) is 9.50. The van der Waals surface area contributed by atoms with E-state index in [1.54, 1.807) is 18.3 Å². The third-order valence-corrected chi connectivity index (χ3v) is 4.75. The van der Waals surface area contributed by atoms with E-state index in [1.165, 1.54) is 0 Å². The number of nitrogens with one attached hydrogen (secondary N) is 1. The maximum Gasteiger partial charge on any atom is 0.321 e. The number of para-hydroxylation sites is 1. The number of urea groups is 1. The number of carbonyl (C=O) groups excluding carboxylic acids is 1. The van der Waals surface area contributed by atoms with Crippen LogP contribution in [0.1, 0.15) is 25.5 Å². The molecule has 0 saturated heterocycles. The van der Waals surface area contributed by atoms with Gasteiger partial charge in [0.05, 0.1) is 5.69 Å². The second-order valence-corrected chi connectivity index (χ2v) is 7.53. The van der Waals surface area contributed by atoms with E-state index < -0.39 is 0 Å². The van der Waals surface area contributed by atoms with Gasteiger partial charge >= 0.3 is 6.03 Å². The van der Waals surface area contributed by atoms with Crippen molar-refractivity contribution < 1.29 is 4.79 Å². The average molecular weight is 428 g/mol. The number of rotatable bonds is 5. The van der Waals surface area contributed by atoms with Crippen molar-refractivity contribution in [3.05, 3.63) is 64.9 Å². The van der Waals surface area contributed by atoms with Gasteiger partial charge in [-0.25, -0.2) is 4.79 Å². The van der Waals surface area contributed by atoms with Crippen molar-refractivity contribution in [1.29, 1.82) is 0 Å². The third-order valence-electron chi connectivity index (χ3n) is 4.22. The van der Waals surface area contributed by atoms with E-state index in [4.69, 9.17) is 0 Å². The molecule has 7 heteroatoms. The van der Waals surface area contributed by atoms with Gasteiger partial charge in [0.2, 0.25) is 0 Å². The lowest BCUT2D eigenvalue weighted by Crippen LogP contribution is -2.31. The molecule has 0 radical (unpaired) electrons. The Morgan fingerprint density at radius 1 is 1.19 bits per heavy atom. The van der Waals surface area contributed by atoms with Crippen molar-refractivity contribution in [1.82, 2.24) is 19.7 Å². The van der Waals surface area contributed by atoms with Crippen molar-refractivity contribution >= 4 is 27.6 Å². The summed E-state index contributed by atoms with van der Waals surface area (Å²) in [5.41, 5.74) is 2.61. The van der Waals surface area contributed by atoms with Crippen molar-refractivity contribution in [2.45, 2.75) is 26.4 Å². The highest BCUT2D eigenvalue weighted by atomic mass is 79.9. The molecule has 2 aromatic carbocycles. The number of halogens is 1. The van der Waals surface area contributed by atoms with E-state index in [0.717, 1.165) is 21.4 Å². The van der Waals surface area contributed by atoms with Crippen LogP contribution >= 0.6 is 15.9 Å². The summed E-state index contributed by atoms with van der Waals surface area (Å²) in [7, 11) is 1.77. The van der Waals surface area contributed by atoms with Gasteiger partial charge in [-0.05, 0) is 43.7 Å². The molecule has 0 aliphatic rings. The van der Waals surface area contributed by atoms with Crippen molar-refractivity contribution in [3.63, 3.8) is 0 Å². The molecule has 2 amide bonds. The van der Waals surface area contributed by atoms with Crippen LogP contribution in [-0.4, -0.2) is 32.7 Å². The minimum atomic E-state index is -0.180. The highest BCUT2D eigenvalue weighted by Crippen LogP contribution is 2.28. The first kappa shape index (κ1) is 19.1. The summed E-state index contributed by atoms with van der Waals surface area (Å²) in [6.45, 7) is 4.66. The van der Waals surface area contributed by atoms with E-state index in [9.17, 15) is 4.79 Å². The molecule has 27 heavy (non-hydrogen) atoms. The molecular formula is C20H22BrN5O. The fourth-order valence-electron chi connectivity index (χ4n) is 2.75. The topological polar surface area (TPSA) is 63.1 Å². The van der Waals surface area contributed by atoms with E-state index in [-0.39, 0.29) is 12.1 Å². The largest absolute Gasteiger partial charge is 0.323 e. The smallest absolute Gasteiger partial charge is 0.321 e. The van der Waals surface area contributed by atoms with Crippen LogP contribution < -0.4 is 5.32 Å². The number of hydrogen-bond acceptors (Lipinski definition) is 3. The van der Waals surface area contributed by atoms with Crippen LogP contribution in [0.5, 0.6) is 0 Å². The Labute approximate surface area is 167 Å². The SMILES string of the molecule is CC(C)n1cnnc1-c1ccccc1NC(=O)N(C)Cc1ccc(Br)cc1. The lowest BCUT2D eigenvalue weighted by molar-refractivity contribution is 0.220. The molecule has 0 saturated carbocycles. The predicted octanol–water partition coefficient (Wildman–Crippen LogP) is 4.95. The number of amides is 2. The van der Waals surface area contributed by atoms with Gasteiger partial charge in [0.15, 0.2) is 5.82 Å². The van der Waals surface area contributed by atoms with Gasteiger partial charge in [-0.3, -0.25) is 0 Å². The van der Waals surface area contributed by atoms with Crippen molar-refractivity contribution in [2.75, 3.05) is 12.4 Å². The number of hydrogen-bond donors (Lipinski definition) is 1. The van der Waals surface area contributed by atoms with Gasteiger partial charge in [0.1, 0.15) is 6.33 Å². The van der Waals surface area contributed by atoms with E-state index in [1.807, 2.05) is 53.1 Å². The molecule has 1 aromatic heterocycles. The predicted molar refractivity (Wildman–Crippen MR) is 110 cm³/mol. The summed E-state index contributed by atoms with van der Waals surface area (Å²) >= 11 is 3.42. The number of carbonyl (C=O) groups is 1. The first-order valence-electron chi connectivity index (χ1n) is 8.71. The van der Waals surface area contributed by atoms with Crippen LogP contribution in [0, 0.1) is 0 Å². The number of benzene rings is 2. The number of aromatic nitrogens is 3. The molecule has 0 spiro atoms. The Morgan fingerprint density at radius 2 is 1.89 bits per heavy atom. The first-order chi connectivity index (χ1) is 13.0. The third kappa shape index (κ3) is 4.54. The molecule has 3 aromatic rings. The van der Waals surface area contributed by atoms with Gasteiger partial charge in [0, 0.05) is 29.7 Å². The fraction of sp³-hybridized carbons (Fsp3) is 0.250. The Bertz CT molecular complexity index is 920. The molecule has 140 valence electrons. The molecular weight excluding hydrogens is 406 g/mol. The zero-order chi connectivity index (χ0) is 19.4.